The van der Waals surface area contributed by atoms with Crippen LogP contribution in [0.15, 0.2) is 71.3 Å². The summed E-state index contributed by atoms with van der Waals surface area (Å²) in [7, 11) is 0. The van der Waals surface area contributed by atoms with Gasteiger partial charge in [0.2, 0.25) is 0 Å². The molecule has 2 N–H and O–H groups in total. The number of halogens is 1. The van der Waals surface area contributed by atoms with Gasteiger partial charge in [-0.05, 0) is 77.6 Å². The minimum Gasteiger partial charge on any atom is -0.490 e. The number of H-pyrrole nitrogens is 1. The van der Waals surface area contributed by atoms with E-state index in [0.717, 1.165) is 46.6 Å². The summed E-state index contributed by atoms with van der Waals surface area (Å²) in [6.07, 6.45) is 3.08. The molecule has 0 saturated carbocycles. The third kappa shape index (κ3) is 5.53. The SMILES string of the molecule is CCOc1cc(CNCCc2c[nH]c3ccccc23)cc(Br)c1OCc1ccc(C)cc1. The average Bonchev–Trinajstić information content (AvgIpc) is 3.21. The first-order valence-electron chi connectivity index (χ1n) is 11.0. The van der Waals surface area contributed by atoms with E-state index in [0.29, 0.717) is 13.2 Å². The Kier molecular flexibility index (Phi) is 7.51. The van der Waals surface area contributed by atoms with Crippen molar-refractivity contribution >= 4 is 26.8 Å². The molecule has 4 rings (SSSR count). The largest absolute Gasteiger partial charge is 0.490 e. The second kappa shape index (κ2) is 10.7. The number of ether oxygens (including phenoxy) is 2. The molecule has 32 heavy (non-hydrogen) atoms. The van der Waals surface area contributed by atoms with Gasteiger partial charge in [-0.15, -0.1) is 0 Å². The van der Waals surface area contributed by atoms with Crippen LogP contribution in [0.25, 0.3) is 10.9 Å². The van der Waals surface area contributed by atoms with Gasteiger partial charge < -0.3 is 19.8 Å². The van der Waals surface area contributed by atoms with Crippen LogP contribution in [-0.2, 0) is 19.6 Å². The first-order chi connectivity index (χ1) is 15.6. The number of aromatic amines is 1. The van der Waals surface area contributed by atoms with Crippen LogP contribution in [0.2, 0.25) is 0 Å². The molecule has 0 saturated heterocycles. The van der Waals surface area contributed by atoms with E-state index in [1.54, 1.807) is 0 Å². The average molecular weight is 493 g/mol. The zero-order valence-electron chi connectivity index (χ0n) is 18.6. The molecule has 4 aromatic rings. The van der Waals surface area contributed by atoms with Crippen molar-refractivity contribution in [2.24, 2.45) is 0 Å². The van der Waals surface area contributed by atoms with Crippen LogP contribution in [0.4, 0.5) is 0 Å². The van der Waals surface area contributed by atoms with Crippen LogP contribution in [0.5, 0.6) is 11.5 Å². The van der Waals surface area contributed by atoms with Gasteiger partial charge in [0.15, 0.2) is 11.5 Å². The number of fused-ring (bicyclic) bond motifs is 1. The van der Waals surface area contributed by atoms with E-state index in [1.165, 1.54) is 22.0 Å². The molecular formula is C27H29BrN2O2. The molecule has 0 aliphatic carbocycles. The molecular weight excluding hydrogens is 464 g/mol. The fourth-order valence-corrected chi connectivity index (χ4v) is 4.36. The van der Waals surface area contributed by atoms with Gasteiger partial charge in [0.25, 0.3) is 0 Å². The fourth-order valence-electron chi connectivity index (χ4n) is 3.76. The number of benzene rings is 3. The maximum absolute atomic E-state index is 6.12. The number of hydrogen-bond donors (Lipinski definition) is 2. The van der Waals surface area contributed by atoms with Crippen LogP contribution >= 0.6 is 15.9 Å². The summed E-state index contributed by atoms with van der Waals surface area (Å²) in [4.78, 5) is 3.34. The third-order valence-corrected chi connectivity index (χ3v) is 6.04. The van der Waals surface area contributed by atoms with Crippen molar-refractivity contribution in [2.75, 3.05) is 13.2 Å². The molecule has 0 aliphatic rings. The van der Waals surface area contributed by atoms with Crippen molar-refractivity contribution in [3.05, 3.63) is 93.6 Å². The molecule has 1 aromatic heterocycles. The van der Waals surface area contributed by atoms with Crippen LogP contribution < -0.4 is 14.8 Å². The first-order valence-corrected chi connectivity index (χ1v) is 11.8. The molecule has 0 amide bonds. The maximum atomic E-state index is 6.12. The van der Waals surface area contributed by atoms with E-state index < -0.39 is 0 Å². The highest BCUT2D eigenvalue weighted by atomic mass is 79.9. The van der Waals surface area contributed by atoms with Crippen molar-refractivity contribution in [1.82, 2.24) is 10.3 Å². The van der Waals surface area contributed by atoms with E-state index in [2.05, 4.69) is 100 Å². The van der Waals surface area contributed by atoms with E-state index in [1.807, 2.05) is 6.92 Å². The van der Waals surface area contributed by atoms with E-state index in [4.69, 9.17) is 9.47 Å². The van der Waals surface area contributed by atoms with Crippen LogP contribution in [-0.4, -0.2) is 18.1 Å². The Bertz CT molecular complexity index is 1170. The Hall–Kier alpha value is -2.76. The van der Waals surface area contributed by atoms with E-state index in [9.17, 15) is 0 Å². The van der Waals surface area contributed by atoms with Gasteiger partial charge in [-0.1, -0.05) is 48.0 Å². The van der Waals surface area contributed by atoms with E-state index >= 15 is 0 Å². The molecule has 0 radical (unpaired) electrons. The van der Waals surface area contributed by atoms with Gasteiger partial charge in [-0.2, -0.15) is 0 Å². The highest BCUT2D eigenvalue weighted by Crippen LogP contribution is 2.37. The summed E-state index contributed by atoms with van der Waals surface area (Å²) in [5.74, 6) is 1.51. The molecule has 4 nitrogen and oxygen atoms in total. The summed E-state index contributed by atoms with van der Waals surface area (Å²) >= 11 is 3.68. The Morgan fingerprint density at radius 3 is 2.59 bits per heavy atom. The summed E-state index contributed by atoms with van der Waals surface area (Å²) in [5, 5.41) is 4.85. The van der Waals surface area contributed by atoms with Gasteiger partial charge in [0, 0.05) is 23.6 Å². The van der Waals surface area contributed by atoms with Crippen molar-refractivity contribution in [3.63, 3.8) is 0 Å². The number of rotatable bonds is 10. The van der Waals surface area contributed by atoms with Crippen molar-refractivity contribution in [2.45, 2.75) is 33.4 Å². The predicted molar refractivity (Wildman–Crippen MR) is 135 cm³/mol. The second-order valence-corrected chi connectivity index (χ2v) is 8.75. The minimum atomic E-state index is 0.501. The summed E-state index contributed by atoms with van der Waals surface area (Å²) in [5.41, 5.74) is 6.06. The molecule has 0 atom stereocenters. The number of hydrogen-bond acceptors (Lipinski definition) is 3. The molecule has 0 aliphatic heterocycles. The molecule has 1 heterocycles. The van der Waals surface area contributed by atoms with Crippen molar-refractivity contribution in [1.29, 1.82) is 0 Å². The topological polar surface area (TPSA) is 46.3 Å². The van der Waals surface area contributed by atoms with Crippen molar-refractivity contribution < 1.29 is 9.47 Å². The van der Waals surface area contributed by atoms with Gasteiger partial charge in [-0.3, -0.25) is 0 Å². The summed E-state index contributed by atoms with van der Waals surface area (Å²) in [6, 6.07) is 21.0. The molecule has 0 unspecified atom stereocenters. The smallest absolute Gasteiger partial charge is 0.175 e. The standard InChI is InChI=1S/C27H29BrN2O2/c1-3-31-26-15-21(14-24(28)27(26)32-18-20-10-8-19(2)9-11-20)16-29-13-12-22-17-30-25-7-5-4-6-23(22)25/h4-11,14-15,17,29-30H,3,12-13,16,18H2,1-2H3. The Balaban J connectivity index is 1.37. The lowest BCUT2D eigenvalue weighted by Crippen LogP contribution is -2.16. The second-order valence-electron chi connectivity index (χ2n) is 7.90. The van der Waals surface area contributed by atoms with Crippen molar-refractivity contribution in [3.8, 4) is 11.5 Å². The molecule has 3 aromatic carbocycles. The van der Waals surface area contributed by atoms with Crippen LogP contribution in [0.1, 0.15) is 29.2 Å². The zero-order valence-corrected chi connectivity index (χ0v) is 20.2. The maximum Gasteiger partial charge on any atom is 0.175 e. The Morgan fingerprint density at radius 1 is 0.969 bits per heavy atom. The third-order valence-electron chi connectivity index (χ3n) is 5.45. The predicted octanol–water partition coefficient (Wildman–Crippen LogP) is 6.55. The van der Waals surface area contributed by atoms with E-state index in [-0.39, 0.29) is 0 Å². The number of nitrogens with one attached hydrogen (secondary N) is 2. The lowest BCUT2D eigenvalue weighted by Gasteiger charge is -2.16. The van der Waals surface area contributed by atoms with Gasteiger partial charge in [-0.25, -0.2) is 0 Å². The monoisotopic (exact) mass is 492 g/mol. The Morgan fingerprint density at radius 2 is 1.78 bits per heavy atom. The normalized spacial score (nSPS) is 11.1. The molecule has 0 fully saturated rings. The highest BCUT2D eigenvalue weighted by molar-refractivity contribution is 9.10. The summed E-state index contributed by atoms with van der Waals surface area (Å²) < 4.78 is 12.9. The first kappa shape index (κ1) is 22.4. The minimum absolute atomic E-state index is 0.501. The Labute approximate surface area is 198 Å². The van der Waals surface area contributed by atoms with Gasteiger partial charge >= 0.3 is 0 Å². The van der Waals surface area contributed by atoms with Crippen LogP contribution in [0.3, 0.4) is 0 Å². The molecule has 0 bridgehead atoms. The lowest BCUT2D eigenvalue weighted by molar-refractivity contribution is 0.267. The zero-order chi connectivity index (χ0) is 22.3. The summed E-state index contributed by atoms with van der Waals surface area (Å²) in [6.45, 7) is 6.83. The molecule has 5 heteroatoms. The number of aryl methyl sites for hydroxylation is 1. The quantitative estimate of drug-likeness (QED) is 0.246. The number of aromatic nitrogens is 1. The number of para-hydroxylation sites is 1. The fraction of sp³-hybridized carbons (Fsp3) is 0.259. The molecule has 0 spiro atoms. The highest BCUT2D eigenvalue weighted by Gasteiger charge is 2.13. The van der Waals surface area contributed by atoms with Gasteiger partial charge in [0.05, 0.1) is 11.1 Å². The lowest BCUT2D eigenvalue weighted by atomic mass is 10.1. The van der Waals surface area contributed by atoms with Crippen LogP contribution in [0, 0.1) is 6.92 Å². The molecule has 166 valence electrons. The van der Waals surface area contributed by atoms with Gasteiger partial charge in [0.1, 0.15) is 6.61 Å².